The third kappa shape index (κ3) is 5.52. The van der Waals surface area contributed by atoms with Crippen LogP contribution in [0, 0.1) is 5.92 Å². The number of rotatable bonds is 5. The van der Waals surface area contributed by atoms with Crippen LogP contribution in [-0.4, -0.2) is 45.9 Å². The highest BCUT2D eigenvalue weighted by molar-refractivity contribution is 6.33. The van der Waals surface area contributed by atoms with Gasteiger partial charge in [-0.2, -0.15) is 13.2 Å². The molecular weight excluding hydrogens is 461 g/mol. The van der Waals surface area contributed by atoms with Gasteiger partial charge in [0, 0.05) is 37.4 Å². The summed E-state index contributed by atoms with van der Waals surface area (Å²) in [6.07, 6.45) is 1.69. The second-order valence-electron chi connectivity index (χ2n) is 8.17. The molecule has 2 amide bonds. The van der Waals surface area contributed by atoms with E-state index in [-0.39, 0.29) is 40.3 Å². The van der Waals surface area contributed by atoms with Crippen molar-refractivity contribution in [3.8, 4) is 0 Å². The minimum Gasteiger partial charge on any atom is -0.353 e. The summed E-state index contributed by atoms with van der Waals surface area (Å²) in [7, 11) is 0. The van der Waals surface area contributed by atoms with Crippen molar-refractivity contribution in [3.05, 3.63) is 40.8 Å². The molecule has 1 atom stereocenters. The van der Waals surface area contributed by atoms with E-state index in [9.17, 15) is 22.8 Å². The van der Waals surface area contributed by atoms with Crippen LogP contribution in [0.2, 0.25) is 5.02 Å². The largest absolute Gasteiger partial charge is 0.417 e. The lowest BCUT2D eigenvalue weighted by molar-refractivity contribution is -0.137. The molecule has 1 saturated carbocycles. The quantitative estimate of drug-likeness (QED) is 0.674. The van der Waals surface area contributed by atoms with Gasteiger partial charge < -0.3 is 10.2 Å². The summed E-state index contributed by atoms with van der Waals surface area (Å²) >= 11 is 6.07. The number of alkyl halides is 3. The molecule has 2 fully saturated rings. The maximum Gasteiger partial charge on any atom is 0.417 e. The molecule has 0 spiro atoms. The van der Waals surface area contributed by atoms with E-state index in [4.69, 9.17) is 11.6 Å². The van der Waals surface area contributed by atoms with Gasteiger partial charge in [0.2, 0.25) is 11.9 Å². The highest BCUT2D eigenvalue weighted by Gasteiger charge is 2.33. The number of hydrogen-bond acceptors (Lipinski definition) is 6. The molecule has 12 heteroatoms. The standard InChI is InChI=1S/C21H22ClF3N6O2/c22-15-9-13(21(23,24)25)10-27-17(15)31-8-2-5-14(11-31)28-19(33)16-6-7-26-20(29-16)30-18(32)12-3-1-4-12/h6-7,9-10,12,14H,1-5,8,11H2,(H,28,33)(H,26,29,30,32). The molecule has 3 heterocycles. The van der Waals surface area contributed by atoms with Crippen LogP contribution in [0.1, 0.15) is 48.2 Å². The first-order valence-electron chi connectivity index (χ1n) is 10.6. The van der Waals surface area contributed by atoms with Gasteiger partial charge in [-0.1, -0.05) is 18.0 Å². The topological polar surface area (TPSA) is 100 Å². The van der Waals surface area contributed by atoms with E-state index in [1.807, 2.05) is 0 Å². The monoisotopic (exact) mass is 482 g/mol. The van der Waals surface area contributed by atoms with Crippen LogP contribution in [0.5, 0.6) is 0 Å². The van der Waals surface area contributed by atoms with Crippen LogP contribution < -0.4 is 15.5 Å². The molecule has 2 aromatic rings. The Kier molecular flexibility index (Phi) is 6.68. The normalized spacial score (nSPS) is 19.0. The van der Waals surface area contributed by atoms with Crippen LogP contribution in [0.4, 0.5) is 24.9 Å². The molecule has 1 saturated heterocycles. The van der Waals surface area contributed by atoms with E-state index in [2.05, 4.69) is 25.6 Å². The molecule has 1 unspecified atom stereocenters. The fourth-order valence-electron chi connectivity index (χ4n) is 3.79. The predicted octanol–water partition coefficient (Wildman–Crippen LogP) is 3.68. The molecule has 2 aromatic heterocycles. The van der Waals surface area contributed by atoms with Crippen LogP contribution in [0.15, 0.2) is 24.5 Å². The zero-order valence-corrected chi connectivity index (χ0v) is 18.3. The van der Waals surface area contributed by atoms with Crippen molar-refractivity contribution in [2.75, 3.05) is 23.3 Å². The molecular formula is C21H22ClF3N6O2. The average molecular weight is 483 g/mol. The number of piperidine rings is 1. The number of hydrogen-bond donors (Lipinski definition) is 2. The minimum atomic E-state index is -4.53. The smallest absolute Gasteiger partial charge is 0.353 e. The highest BCUT2D eigenvalue weighted by Crippen LogP contribution is 2.34. The Balaban J connectivity index is 1.39. The van der Waals surface area contributed by atoms with Gasteiger partial charge in [0.1, 0.15) is 11.5 Å². The first kappa shape index (κ1) is 23.2. The van der Waals surface area contributed by atoms with Crippen molar-refractivity contribution in [1.82, 2.24) is 20.3 Å². The minimum absolute atomic E-state index is 0.0371. The summed E-state index contributed by atoms with van der Waals surface area (Å²) < 4.78 is 38.6. The fraction of sp³-hybridized carbons (Fsp3) is 0.476. The molecule has 2 N–H and O–H groups in total. The summed E-state index contributed by atoms with van der Waals surface area (Å²) in [4.78, 5) is 38.6. The van der Waals surface area contributed by atoms with Gasteiger partial charge >= 0.3 is 6.18 Å². The number of halogens is 4. The van der Waals surface area contributed by atoms with Crippen molar-refractivity contribution in [3.63, 3.8) is 0 Å². The van der Waals surface area contributed by atoms with Crippen molar-refractivity contribution in [2.45, 2.75) is 44.3 Å². The number of aromatic nitrogens is 3. The van der Waals surface area contributed by atoms with Crippen molar-refractivity contribution in [2.24, 2.45) is 5.92 Å². The zero-order valence-electron chi connectivity index (χ0n) is 17.5. The molecule has 2 aliphatic rings. The molecule has 8 nitrogen and oxygen atoms in total. The third-order valence-electron chi connectivity index (χ3n) is 5.80. The van der Waals surface area contributed by atoms with Crippen molar-refractivity contribution >= 4 is 35.2 Å². The number of anilines is 2. The number of nitrogens with one attached hydrogen (secondary N) is 2. The molecule has 0 radical (unpaired) electrons. The summed E-state index contributed by atoms with van der Waals surface area (Å²) in [5.74, 6) is -0.306. The van der Waals surface area contributed by atoms with Crippen LogP contribution in [0.3, 0.4) is 0 Å². The molecule has 176 valence electrons. The lowest BCUT2D eigenvalue weighted by atomic mass is 9.85. The Morgan fingerprint density at radius 1 is 1.15 bits per heavy atom. The number of pyridine rings is 1. The average Bonchev–Trinajstić information content (AvgIpc) is 2.72. The van der Waals surface area contributed by atoms with Gasteiger partial charge in [0.15, 0.2) is 0 Å². The van der Waals surface area contributed by atoms with Crippen molar-refractivity contribution in [1.29, 1.82) is 0 Å². The van der Waals surface area contributed by atoms with E-state index in [0.29, 0.717) is 25.9 Å². The summed E-state index contributed by atoms with van der Waals surface area (Å²) in [5, 5.41) is 5.42. The number of amides is 2. The zero-order chi connectivity index (χ0) is 23.6. The van der Waals surface area contributed by atoms with Crippen molar-refractivity contribution < 1.29 is 22.8 Å². The molecule has 0 aromatic carbocycles. The number of carbonyl (C=O) groups is 2. The van der Waals surface area contributed by atoms with E-state index in [0.717, 1.165) is 31.5 Å². The summed E-state index contributed by atoms with van der Waals surface area (Å²) in [6.45, 7) is 0.884. The second kappa shape index (κ2) is 9.50. The molecule has 33 heavy (non-hydrogen) atoms. The Morgan fingerprint density at radius 2 is 1.94 bits per heavy atom. The molecule has 1 aliphatic heterocycles. The first-order chi connectivity index (χ1) is 15.7. The van der Waals surface area contributed by atoms with Gasteiger partial charge in [-0.3, -0.25) is 14.9 Å². The maximum atomic E-state index is 12.9. The predicted molar refractivity (Wildman–Crippen MR) is 115 cm³/mol. The van der Waals surface area contributed by atoms with Crippen LogP contribution >= 0.6 is 11.6 Å². The first-order valence-corrected chi connectivity index (χ1v) is 11.0. The van der Waals surface area contributed by atoms with E-state index >= 15 is 0 Å². The Labute approximate surface area is 192 Å². The van der Waals surface area contributed by atoms with E-state index in [1.54, 1.807) is 4.90 Å². The number of carbonyl (C=O) groups excluding carboxylic acids is 2. The fourth-order valence-corrected chi connectivity index (χ4v) is 4.08. The van der Waals surface area contributed by atoms with Gasteiger partial charge in [0.05, 0.1) is 10.6 Å². The highest BCUT2D eigenvalue weighted by atomic mass is 35.5. The Morgan fingerprint density at radius 3 is 2.61 bits per heavy atom. The summed E-state index contributed by atoms with van der Waals surface area (Å²) in [5.41, 5.74) is -0.807. The molecule has 0 bridgehead atoms. The van der Waals surface area contributed by atoms with E-state index in [1.165, 1.54) is 12.3 Å². The van der Waals surface area contributed by atoms with Gasteiger partial charge in [-0.05, 0) is 37.8 Å². The van der Waals surface area contributed by atoms with Crippen LogP contribution in [0.25, 0.3) is 0 Å². The maximum absolute atomic E-state index is 12.9. The molecule has 4 rings (SSSR count). The number of nitrogens with zero attached hydrogens (tertiary/aromatic N) is 4. The lowest BCUT2D eigenvalue weighted by Gasteiger charge is -2.34. The summed E-state index contributed by atoms with van der Waals surface area (Å²) in [6, 6.07) is 2.02. The van der Waals surface area contributed by atoms with Gasteiger partial charge in [0.25, 0.3) is 5.91 Å². The van der Waals surface area contributed by atoms with Gasteiger partial charge in [-0.25, -0.2) is 15.0 Å². The lowest BCUT2D eigenvalue weighted by Crippen LogP contribution is -2.48. The third-order valence-corrected chi connectivity index (χ3v) is 6.08. The second-order valence-corrected chi connectivity index (χ2v) is 8.58. The Bertz CT molecular complexity index is 1050. The van der Waals surface area contributed by atoms with E-state index < -0.39 is 17.6 Å². The Hall–Kier alpha value is -2.95. The SMILES string of the molecule is O=C(NC1CCCN(c2ncc(C(F)(F)F)cc2Cl)C1)c1ccnc(NC(=O)C2CCC2)n1. The van der Waals surface area contributed by atoms with Gasteiger partial charge in [-0.15, -0.1) is 0 Å². The molecule has 1 aliphatic carbocycles. The van der Waals surface area contributed by atoms with Crippen LogP contribution in [-0.2, 0) is 11.0 Å².